The average molecular weight is 411 g/mol. The molecule has 156 valence electrons. The van der Waals surface area contributed by atoms with Crippen LogP contribution in [0.1, 0.15) is 44.9 Å². The SMILES string of the molecule is NC(=O)CN(CCC(=O)Nc1ccc(S(N)(=O)=O)cc1)CCC1CCCCC1. The van der Waals surface area contributed by atoms with E-state index in [1.54, 1.807) is 0 Å². The van der Waals surface area contributed by atoms with E-state index in [2.05, 4.69) is 5.32 Å². The highest BCUT2D eigenvalue weighted by Gasteiger charge is 2.17. The normalized spacial score (nSPS) is 15.5. The molecule has 1 aromatic carbocycles. The third-order valence-corrected chi connectivity index (χ3v) is 6.01. The number of hydrogen-bond donors (Lipinski definition) is 3. The molecule has 0 aromatic heterocycles. The van der Waals surface area contributed by atoms with Gasteiger partial charge in [-0.05, 0) is 43.1 Å². The average Bonchev–Trinajstić information content (AvgIpc) is 2.64. The first-order valence-corrected chi connectivity index (χ1v) is 11.2. The third kappa shape index (κ3) is 7.95. The molecule has 0 unspecified atom stereocenters. The minimum absolute atomic E-state index is 0.0131. The number of benzene rings is 1. The molecular weight excluding hydrogens is 380 g/mol. The van der Waals surface area contributed by atoms with Crippen LogP contribution in [0.4, 0.5) is 5.69 Å². The van der Waals surface area contributed by atoms with Crippen LogP contribution in [-0.4, -0.2) is 44.8 Å². The number of nitrogens with two attached hydrogens (primary N) is 2. The number of sulfonamides is 1. The summed E-state index contributed by atoms with van der Waals surface area (Å²) >= 11 is 0. The first-order chi connectivity index (χ1) is 13.2. The summed E-state index contributed by atoms with van der Waals surface area (Å²) in [4.78, 5) is 25.4. The highest BCUT2D eigenvalue weighted by atomic mass is 32.2. The third-order valence-electron chi connectivity index (χ3n) is 5.08. The van der Waals surface area contributed by atoms with Crippen LogP contribution in [0, 0.1) is 5.92 Å². The van der Waals surface area contributed by atoms with Crippen LogP contribution in [0.25, 0.3) is 0 Å². The van der Waals surface area contributed by atoms with E-state index in [1.807, 2.05) is 4.90 Å². The lowest BCUT2D eigenvalue weighted by atomic mass is 9.87. The molecule has 0 heterocycles. The summed E-state index contributed by atoms with van der Waals surface area (Å²) in [5, 5.41) is 7.77. The van der Waals surface area contributed by atoms with E-state index >= 15 is 0 Å². The molecule has 0 spiro atoms. The standard InChI is InChI=1S/C19H30N4O4S/c20-18(24)14-23(12-10-15-4-2-1-3-5-15)13-11-19(25)22-16-6-8-17(9-7-16)28(21,26)27/h6-9,15H,1-5,10-14H2,(H2,20,24)(H,22,25)(H2,21,26,27). The molecule has 2 amide bonds. The molecule has 0 radical (unpaired) electrons. The van der Waals surface area contributed by atoms with Crippen molar-refractivity contribution in [2.45, 2.75) is 49.8 Å². The number of primary sulfonamides is 1. The number of carbonyl (C=O) groups excluding carboxylic acids is 2. The number of carbonyl (C=O) groups is 2. The van der Waals surface area contributed by atoms with Crippen LogP contribution in [-0.2, 0) is 19.6 Å². The van der Waals surface area contributed by atoms with Crippen molar-refractivity contribution in [1.82, 2.24) is 4.90 Å². The van der Waals surface area contributed by atoms with Crippen molar-refractivity contribution < 1.29 is 18.0 Å². The minimum atomic E-state index is -3.76. The van der Waals surface area contributed by atoms with Gasteiger partial charge in [-0.15, -0.1) is 0 Å². The van der Waals surface area contributed by atoms with E-state index in [1.165, 1.54) is 56.4 Å². The predicted octanol–water partition coefficient (Wildman–Crippen LogP) is 1.42. The summed E-state index contributed by atoms with van der Waals surface area (Å²) in [6.45, 7) is 1.34. The topological polar surface area (TPSA) is 136 Å². The number of nitrogens with one attached hydrogen (secondary N) is 1. The summed E-state index contributed by atoms with van der Waals surface area (Å²) in [7, 11) is -3.76. The maximum absolute atomic E-state index is 12.2. The fraction of sp³-hybridized carbons (Fsp3) is 0.579. The van der Waals surface area contributed by atoms with Crippen molar-refractivity contribution in [2.24, 2.45) is 16.8 Å². The van der Waals surface area contributed by atoms with Gasteiger partial charge in [0, 0.05) is 18.7 Å². The molecule has 1 fully saturated rings. The molecule has 0 bridgehead atoms. The lowest BCUT2D eigenvalue weighted by Crippen LogP contribution is -2.37. The van der Waals surface area contributed by atoms with Crippen molar-refractivity contribution >= 4 is 27.5 Å². The van der Waals surface area contributed by atoms with Gasteiger partial charge in [-0.3, -0.25) is 14.5 Å². The number of amides is 2. The quantitative estimate of drug-likeness (QED) is 0.536. The summed E-state index contributed by atoms with van der Waals surface area (Å²) in [5.41, 5.74) is 5.83. The van der Waals surface area contributed by atoms with E-state index in [0.29, 0.717) is 18.2 Å². The van der Waals surface area contributed by atoms with Crippen molar-refractivity contribution in [1.29, 1.82) is 0 Å². The maximum atomic E-state index is 12.2. The number of hydrogen-bond acceptors (Lipinski definition) is 5. The van der Waals surface area contributed by atoms with Gasteiger partial charge in [0.1, 0.15) is 0 Å². The van der Waals surface area contributed by atoms with Gasteiger partial charge in [-0.2, -0.15) is 0 Å². The van der Waals surface area contributed by atoms with Gasteiger partial charge in [0.05, 0.1) is 11.4 Å². The van der Waals surface area contributed by atoms with Gasteiger partial charge in [0.2, 0.25) is 21.8 Å². The highest BCUT2D eigenvalue weighted by Crippen LogP contribution is 2.26. The molecule has 5 N–H and O–H groups in total. The maximum Gasteiger partial charge on any atom is 0.238 e. The molecule has 0 saturated heterocycles. The van der Waals surface area contributed by atoms with E-state index in [4.69, 9.17) is 10.9 Å². The largest absolute Gasteiger partial charge is 0.369 e. The van der Waals surface area contributed by atoms with Gasteiger partial charge in [-0.1, -0.05) is 32.1 Å². The van der Waals surface area contributed by atoms with E-state index < -0.39 is 15.9 Å². The van der Waals surface area contributed by atoms with Crippen LogP contribution in [0.15, 0.2) is 29.2 Å². The molecule has 0 aliphatic heterocycles. The van der Waals surface area contributed by atoms with Gasteiger partial charge >= 0.3 is 0 Å². The molecule has 8 nitrogen and oxygen atoms in total. The van der Waals surface area contributed by atoms with Crippen molar-refractivity contribution in [3.8, 4) is 0 Å². The Kier molecular flexibility index (Phi) is 8.40. The lowest BCUT2D eigenvalue weighted by molar-refractivity contribution is -0.120. The summed E-state index contributed by atoms with van der Waals surface area (Å²) < 4.78 is 22.5. The molecule has 2 rings (SSSR count). The zero-order chi connectivity index (χ0) is 20.6. The minimum Gasteiger partial charge on any atom is -0.369 e. The van der Waals surface area contributed by atoms with Crippen molar-refractivity contribution in [3.05, 3.63) is 24.3 Å². The molecule has 1 aromatic rings. The zero-order valence-electron chi connectivity index (χ0n) is 16.1. The van der Waals surface area contributed by atoms with Crippen LogP contribution in [0.2, 0.25) is 0 Å². The lowest BCUT2D eigenvalue weighted by Gasteiger charge is -2.26. The van der Waals surface area contributed by atoms with Gasteiger partial charge < -0.3 is 11.1 Å². The van der Waals surface area contributed by atoms with Crippen molar-refractivity contribution in [3.63, 3.8) is 0 Å². The Balaban J connectivity index is 1.81. The summed E-state index contributed by atoms with van der Waals surface area (Å²) in [6.07, 6.45) is 7.55. The summed E-state index contributed by atoms with van der Waals surface area (Å²) in [5.74, 6) is 0.0772. The molecule has 1 saturated carbocycles. The summed E-state index contributed by atoms with van der Waals surface area (Å²) in [6, 6.07) is 5.66. The Bertz CT molecular complexity index is 759. The Morgan fingerprint density at radius 3 is 2.29 bits per heavy atom. The van der Waals surface area contributed by atoms with Gasteiger partial charge in [0.15, 0.2) is 0 Å². The van der Waals surface area contributed by atoms with Crippen LogP contribution in [0.3, 0.4) is 0 Å². The van der Waals surface area contributed by atoms with Gasteiger partial charge in [0.25, 0.3) is 0 Å². The molecule has 9 heteroatoms. The van der Waals surface area contributed by atoms with Crippen LogP contribution in [0.5, 0.6) is 0 Å². The number of primary amides is 1. The second-order valence-corrected chi connectivity index (χ2v) is 8.96. The smallest absolute Gasteiger partial charge is 0.238 e. The van der Waals surface area contributed by atoms with E-state index in [9.17, 15) is 18.0 Å². The molecular formula is C19H30N4O4S. The van der Waals surface area contributed by atoms with Crippen LogP contribution >= 0.6 is 0 Å². The first-order valence-electron chi connectivity index (χ1n) is 9.67. The zero-order valence-corrected chi connectivity index (χ0v) is 16.9. The number of nitrogens with zero attached hydrogens (tertiary/aromatic N) is 1. The predicted molar refractivity (Wildman–Crippen MR) is 108 cm³/mol. The number of rotatable bonds is 10. The monoisotopic (exact) mass is 410 g/mol. The number of anilines is 1. The van der Waals surface area contributed by atoms with E-state index in [0.717, 1.165) is 13.0 Å². The van der Waals surface area contributed by atoms with Crippen LogP contribution < -0.4 is 16.2 Å². The molecule has 1 aliphatic rings. The second kappa shape index (κ2) is 10.5. The fourth-order valence-electron chi connectivity index (χ4n) is 3.54. The highest BCUT2D eigenvalue weighted by molar-refractivity contribution is 7.89. The molecule has 28 heavy (non-hydrogen) atoms. The Labute approximate surface area is 166 Å². The van der Waals surface area contributed by atoms with Crippen molar-refractivity contribution in [2.75, 3.05) is 25.0 Å². The Morgan fingerprint density at radius 2 is 1.71 bits per heavy atom. The van der Waals surface area contributed by atoms with Gasteiger partial charge in [-0.25, -0.2) is 13.6 Å². The van der Waals surface area contributed by atoms with E-state index in [-0.39, 0.29) is 23.8 Å². The molecule has 0 atom stereocenters. The molecule has 1 aliphatic carbocycles. The first kappa shape index (κ1) is 22.3. The Hall–Kier alpha value is -1.97. The fourth-order valence-corrected chi connectivity index (χ4v) is 4.06. The Morgan fingerprint density at radius 1 is 1.07 bits per heavy atom. The second-order valence-electron chi connectivity index (χ2n) is 7.40.